The van der Waals surface area contributed by atoms with Crippen LogP contribution in [0.4, 0.5) is 0 Å². The van der Waals surface area contributed by atoms with Gasteiger partial charge < -0.3 is 9.90 Å². The standard InChI is InChI=1S/C19H24O2/c1-19-7-2-3-17(19)18-13(11-20)9-12-10-14(21)4-5-15(12)16(18)6-8-19/h4-5,10-11,13,16-18,21H,2-3,6-9H2,1H3/t13-,16+,17-,18+,19-/m0/s1. The van der Waals surface area contributed by atoms with Gasteiger partial charge in [-0.25, -0.2) is 0 Å². The Hall–Kier alpha value is -1.31. The molecule has 3 aliphatic rings. The zero-order valence-electron chi connectivity index (χ0n) is 12.7. The molecule has 3 aliphatic carbocycles. The van der Waals surface area contributed by atoms with E-state index < -0.39 is 0 Å². The second-order valence-corrected chi connectivity index (χ2v) is 7.76. The summed E-state index contributed by atoms with van der Waals surface area (Å²) < 4.78 is 0. The Morgan fingerprint density at radius 3 is 2.95 bits per heavy atom. The third-order valence-electron chi connectivity index (χ3n) is 6.76. The first-order valence-electron chi connectivity index (χ1n) is 8.39. The van der Waals surface area contributed by atoms with E-state index in [1.807, 2.05) is 12.1 Å². The van der Waals surface area contributed by atoms with E-state index in [1.54, 1.807) is 0 Å². The van der Waals surface area contributed by atoms with Crippen LogP contribution in [0.15, 0.2) is 18.2 Å². The SMILES string of the molecule is C[C@@]12CCC[C@H]1[C@@H]1[C@H](C=O)Cc3cc(O)ccc3[C@H]1CC2. The number of phenolic OH excluding ortho intramolecular Hbond substituents is 1. The van der Waals surface area contributed by atoms with Crippen molar-refractivity contribution in [1.82, 2.24) is 0 Å². The normalized spacial score (nSPS) is 41.0. The number of aldehydes is 1. The molecule has 5 atom stereocenters. The predicted octanol–water partition coefficient (Wildman–Crippen LogP) is 4.06. The molecule has 2 nitrogen and oxygen atoms in total. The van der Waals surface area contributed by atoms with Gasteiger partial charge in [-0.05, 0) is 78.5 Å². The van der Waals surface area contributed by atoms with Gasteiger partial charge in [0, 0.05) is 5.92 Å². The van der Waals surface area contributed by atoms with E-state index in [1.165, 1.54) is 49.5 Å². The molecule has 1 aromatic carbocycles. The van der Waals surface area contributed by atoms with Crippen LogP contribution in [0.25, 0.3) is 0 Å². The second kappa shape index (κ2) is 4.59. The van der Waals surface area contributed by atoms with Crippen molar-refractivity contribution in [3.63, 3.8) is 0 Å². The highest BCUT2D eigenvalue weighted by Gasteiger charge is 2.53. The molecule has 0 radical (unpaired) electrons. The Kier molecular flexibility index (Phi) is 2.92. The summed E-state index contributed by atoms with van der Waals surface area (Å²) in [6.45, 7) is 2.45. The third-order valence-corrected chi connectivity index (χ3v) is 6.76. The van der Waals surface area contributed by atoms with Crippen molar-refractivity contribution in [1.29, 1.82) is 0 Å². The van der Waals surface area contributed by atoms with Crippen LogP contribution in [0.3, 0.4) is 0 Å². The van der Waals surface area contributed by atoms with E-state index in [2.05, 4.69) is 13.0 Å². The minimum Gasteiger partial charge on any atom is -0.508 e. The summed E-state index contributed by atoms with van der Waals surface area (Å²) >= 11 is 0. The Labute approximate surface area is 126 Å². The van der Waals surface area contributed by atoms with Crippen LogP contribution in [0.1, 0.15) is 56.1 Å². The van der Waals surface area contributed by atoms with Gasteiger partial charge in [0.2, 0.25) is 0 Å². The van der Waals surface area contributed by atoms with Gasteiger partial charge in [0.15, 0.2) is 0 Å². The lowest BCUT2D eigenvalue weighted by atomic mass is 9.53. The van der Waals surface area contributed by atoms with Gasteiger partial charge in [-0.15, -0.1) is 0 Å². The number of hydrogen-bond donors (Lipinski definition) is 1. The zero-order chi connectivity index (χ0) is 14.6. The van der Waals surface area contributed by atoms with Crippen LogP contribution in [-0.2, 0) is 11.2 Å². The molecule has 0 bridgehead atoms. The maximum absolute atomic E-state index is 11.7. The van der Waals surface area contributed by atoms with Gasteiger partial charge in [-0.1, -0.05) is 19.4 Å². The highest BCUT2D eigenvalue weighted by atomic mass is 16.3. The largest absolute Gasteiger partial charge is 0.508 e. The van der Waals surface area contributed by atoms with Gasteiger partial charge in [-0.2, -0.15) is 0 Å². The van der Waals surface area contributed by atoms with Gasteiger partial charge in [0.1, 0.15) is 12.0 Å². The molecule has 0 amide bonds. The predicted molar refractivity (Wildman–Crippen MR) is 82.3 cm³/mol. The Morgan fingerprint density at radius 2 is 2.14 bits per heavy atom. The molecule has 0 unspecified atom stereocenters. The number of phenols is 1. The topological polar surface area (TPSA) is 37.3 Å². The number of benzene rings is 1. The van der Waals surface area contributed by atoms with Crippen molar-refractivity contribution in [3.8, 4) is 5.75 Å². The molecule has 112 valence electrons. The van der Waals surface area contributed by atoms with E-state index in [0.29, 0.717) is 28.9 Å². The molecule has 2 fully saturated rings. The first kappa shape index (κ1) is 13.4. The lowest BCUT2D eigenvalue weighted by molar-refractivity contribution is -0.115. The summed E-state index contributed by atoms with van der Waals surface area (Å²) in [5.74, 6) is 2.25. The van der Waals surface area contributed by atoms with E-state index in [4.69, 9.17) is 0 Å². The average Bonchev–Trinajstić information content (AvgIpc) is 2.87. The van der Waals surface area contributed by atoms with Gasteiger partial charge in [-0.3, -0.25) is 0 Å². The summed E-state index contributed by atoms with van der Waals surface area (Å²) in [4.78, 5) is 11.7. The van der Waals surface area contributed by atoms with E-state index >= 15 is 0 Å². The maximum Gasteiger partial charge on any atom is 0.123 e. The number of rotatable bonds is 1. The van der Waals surface area contributed by atoms with E-state index in [9.17, 15) is 9.90 Å². The molecule has 0 spiro atoms. The fourth-order valence-corrected chi connectivity index (χ4v) is 5.80. The van der Waals surface area contributed by atoms with Crippen molar-refractivity contribution in [3.05, 3.63) is 29.3 Å². The second-order valence-electron chi connectivity index (χ2n) is 7.76. The maximum atomic E-state index is 11.7. The number of carbonyl (C=O) groups excluding carboxylic acids is 1. The summed E-state index contributed by atoms with van der Waals surface area (Å²) in [7, 11) is 0. The summed E-state index contributed by atoms with van der Waals surface area (Å²) in [5.41, 5.74) is 3.08. The van der Waals surface area contributed by atoms with E-state index in [0.717, 1.165) is 6.42 Å². The van der Waals surface area contributed by atoms with Gasteiger partial charge in [0.05, 0.1) is 0 Å². The minimum atomic E-state index is 0.145. The van der Waals surface area contributed by atoms with Crippen LogP contribution >= 0.6 is 0 Å². The molecule has 1 aromatic rings. The molecule has 21 heavy (non-hydrogen) atoms. The highest BCUT2D eigenvalue weighted by molar-refractivity contribution is 5.58. The molecule has 1 N–H and O–H groups in total. The van der Waals surface area contributed by atoms with Crippen molar-refractivity contribution in [2.24, 2.45) is 23.2 Å². The molecule has 0 aromatic heterocycles. The molecule has 2 heteroatoms. The monoisotopic (exact) mass is 284 g/mol. The highest BCUT2D eigenvalue weighted by Crippen LogP contribution is 2.61. The molecular formula is C19H24O2. The molecule has 0 saturated heterocycles. The quantitative estimate of drug-likeness (QED) is 0.789. The molecule has 0 heterocycles. The van der Waals surface area contributed by atoms with Crippen LogP contribution in [0, 0.1) is 23.2 Å². The minimum absolute atomic E-state index is 0.145. The number of fused-ring (bicyclic) bond motifs is 5. The summed E-state index contributed by atoms with van der Waals surface area (Å²) in [6, 6.07) is 5.81. The molecular weight excluding hydrogens is 260 g/mol. The molecule has 4 rings (SSSR count). The third kappa shape index (κ3) is 1.88. The van der Waals surface area contributed by atoms with Crippen LogP contribution < -0.4 is 0 Å². The van der Waals surface area contributed by atoms with Crippen molar-refractivity contribution < 1.29 is 9.90 Å². The van der Waals surface area contributed by atoms with Crippen molar-refractivity contribution in [2.75, 3.05) is 0 Å². The number of aromatic hydroxyl groups is 1. The first-order chi connectivity index (χ1) is 10.1. The van der Waals surface area contributed by atoms with E-state index in [-0.39, 0.29) is 5.92 Å². The fraction of sp³-hybridized carbons (Fsp3) is 0.632. The van der Waals surface area contributed by atoms with Gasteiger partial charge >= 0.3 is 0 Å². The number of hydrogen-bond acceptors (Lipinski definition) is 2. The summed E-state index contributed by atoms with van der Waals surface area (Å²) in [5, 5.41) is 9.75. The smallest absolute Gasteiger partial charge is 0.123 e. The molecule has 0 aliphatic heterocycles. The Bertz CT molecular complexity index is 579. The Balaban J connectivity index is 1.79. The molecule has 2 saturated carbocycles. The lowest BCUT2D eigenvalue weighted by Crippen LogP contribution is -2.44. The Morgan fingerprint density at radius 1 is 1.29 bits per heavy atom. The van der Waals surface area contributed by atoms with Crippen LogP contribution in [-0.4, -0.2) is 11.4 Å². The van der Waals surface area contributed by atoms with Crippen LogP contribution in [0.5, 0.6) is 5.75 Å². The average molecular weight is 284 g/mol. The zero-order valence-corrected chi connectivity index (χ0v) is 12.7. The summed E-state index contributed by atoms with van der Waals surface area (Å²) in [6.07, 6.45) is 8.50. The van der Waals surface area contributed by atoms with Crippen molar-refractivity contribution >= 4 is 6.29 Å². The lowest BCUT2D eigenvalue weighted by Gasteiger charge is -2.51. The van der Waals surface area contributed by atoms with Crippen LogP contribution in [0.2, 0.25) is 0 Å². The van der Waals surface area contributed by atoms with Crippen molar-refractivity contribution in [2.45, 2.75) is 51.4 Å². The van der Waals surface area contributed by atoms with Gasteiger partial charge in [0.25, 0.3) is 0 Å². The first-order valence-corrected chi connectivity index (χ1v) is 8.39. The fourth-order valence-electron chi connectivity index (χ4n) is 5.80. The number of carbonyl (C=O) groups is 1.